The molecule has 2 fully saturated rings. The average Bonchev–Trinajstić information content (AvgIpc) is 3.34. The number of unbranched alkanes of at least 4 members (excludes halogenated alkanes) is 1. The molecule has 4 atom stereocenters. The number of hydrogen-bond acceptors (Lipinski definition) is 5. The number of β-lactam (4-membered cyclic amide) rings is 1. The maximum Gasteiger partial charge on any atom is 0.352 e. The van der Waals surface area contributed by atoms with Crippen LogP contribution in [0.25, 0.3) is 10.8 Å². The summed E-state index contributed by atoms with van der Waals surface area (Å²) in [5.74, 6) is -2.80. The molecule has 6 rings (SSSR count). The Morgan fingerprint density at radius 3 is 2.36 bits per heavy atom. The zero-order chi connectivity index (χ0) is 31.8. The molecule has 1 saturated carbocycles. The van der Waals surface area contributed by atoms with E-state index in [1.54, 1.807) is 6.07 Å². The number of aliphatic hydroxyl groups is 1. The van der Waals surface area contributed by atoms with Crippen molar-refractivity contribution in [3.05, 3.63) is 47.2 Å². The van der Waals surface area contributed by atoms with Gasteiger partial charge in [-0.3, -0.25) is 9.10 Å². The monoisotopic (exact) mass is 622 g/mol. The average molecular weight is 623 g/mol. The number of sulfonamides is 1. The molecule has 1 aliphatic carbocycles. The van der Waals surface area contributed by atoms with E-state index in [0.717, 1.165) is 23.8 Å². The summed E-state index contributed by atoms with van der Waals surface area (Å²) >= 11 is 0. The Bertz CT molecular complexity index is 1650. The van der Waals surface area contributed by atoms with Crippen LogP contribution in [0.5, 0.6) is 0 Å². The molecule has 0 bridgehead atoms. The van der Waals surface area contributed by atoms with E-state index >= 15 is 0 Å². The maximum atomic E-state index is 14.2. The smallest absolute Gasteiger partial charge is 0.352 e. The van der Waals surface area contributed by atoms with Crippen LogP contribution in [-0.2, 0) is 26.0 Å². The fourth-order valence-electron chi connectivity index (χ4n) is 8.42. The largest absolute Gasteiger partial charge is 0.477 e. The van der Waals surface area contributed by atoms with Gasteiger partial charge < -0.3 is 15.1 Å². The molecule has 2 aromatic carbocycles. The second-order valence-corrected chi connectivity index (χ2v) is 16.5. The lowest BCUT2D eigenvalue weighted by Gasteiger charge is -2.46. The van der Waals surface area contributed by atoms with Gasteiger partial charge >= 0.3 is 5.97 Å². The Morgan fingerprint density at radius 1 is 1.09 bits per heavy atom. The number of aliphatic hydroxyl groups excluding tert-OH is 1. The van der Waals surface area contributed by atoms with Gasteiger partial charge in [0, 0.05) is 11.3 Å². The first kappa shape index (κ1) is 31.1. The van der Waals surface area contributed by atoms with Crippen molar-refractivity contribution in [2.24, 2.45) is 22.7 Å². The summed E-state index contributed by atoms with van der Waals surface area (Å²) < 4.78 is 29.6. The molecule has 2 N–H and O–H groups in total. The highest BCUT2D eigenvalue weighted by Crippen LogP contribution is 2.51. The number of aliphatic carboxylic acids is 1. The molecule has 4 aliphatic rings. The second-order valence-electron chi connectivity index (χ2n) is 14.6. The van der Waals surface area contributed by atoms with Crippen molar-refractivity contribution in [1.29, 1.82) is 0 Å². The topological polar surface area (TPSA) is 115 Å². The highest BCUT2D eigenvalue weighted by molar-refractivity contribution is 7.93. The number of aryl methyl sites for hydroxylation is 1. The summed E-state index contributed by atoms with van der Waals surface area (Å²) in [7, 11) is -3.97. The Hall–Kier alpha value is -2.91. The van der Waals surface area contributed by atoms with Gasteiger partial charge in [-0.2, -0.15) is 0 Å². The number of rotatable bonds is 10. The van der Waals surface area contributed by atoms with Crippen LogP contribution in [0, 0.1) is 22.7 Å². The molecule has 0 spiro atoms. The number of amides is 1. The van der Waals surface area contributed by atoms with Crippen LogP contribution < -0.4 is 4.31 Å². The van der Waals surface area contributed by atoms with Gasteiger partial charge in [0.1, 0.15) is 5.70 Å². The van der Waals surface area contributed by atoms with Gasteiger partial charge in [-0.15, -0.1) is 0 Å². The first-order chi connectivity index (χ1) is 20.7. The molecule has 238 valence electrons. The quantitative estimate of drug-likeness (QED) is 0.303. The first-order valence-corrected chi connectivity index (χ1v) is 17.7. The Labute approximate surface area is 261 Å². The number of nitrogens with zero attached hydrogens (tertiary/aromatic N) is 2. The van der Waals surface area contributed by atoms with Gasteiger partial charge in [0.15, 0.2) is 0 Å². The van der Waals surface area contributed by atoms with Gasteiger partial charge in [0.05, 0.1) is 35.2 Å². The first-order valence-electron chi connectivity index (χ1n) is 16.3. The normalized spacial score (nSPS) is 31.4. The van der Waals surface area contributed by atoms with Crippen molar-refractivity contribution in [3.63, 3.8) is 0 Å². The highest BCUT2D eigenvalue weighted by Gasteiger charge is 2.60. The van der Waals surface area contributed by atoms with E-state index in [9.17, 15) is 28.2 Å². The van der Waals surface area contributed by atoms with Crippen molar-refractivity contribution < 1.29 is 28.2 Å². The second kappa shape index (κ2) is 10.9. The van der Waals surface area contributed by atoms with Crippen LogP contribution in [0.3, 0.4) is 0 Å². The highest BCUT2D eigenvalue weighted by atomic mass is 32.2. The summed E-state index contributed by atoms with van der Waals surface area (Å²) in [6.45, 7) is 10.3. The van der Waals surface area contributed by atoms with E-state index in [0.29, 0.717) is 22.1 Å². The molecule has 1 saturated heterocycles. The number of anilines is 1. The number of carbonyl (C=O) groups excluding carboxylic acids is 1. The van der Waals surface area contributed by atoms with Crippen molar-refractivity contribution >= 4 is 38.4 Å². The van der Waals surface area contributed by atoms with Crippen LogP contribution in [-0.4, -0.2) is 54.1 Å². The maximum absolute atomic E-state index is 14.2. The Kier molecular flexibility index (Phi) is 7.68. The summed E-state index contributed by atoms with van der Waals surface area (Å²) in [6.07, 6.45) is 9.58. The van der Waals surface area contributed by atoms with Crippen molar-refractivity contribution in [2.75, 3.05) is 10.8 Å². The van der Waals surface area contributed by atoms with E-state index < -0.39 is 45.9 Å². The van der Waals surface area contributed by atoms with E-state index in [4.69, 9.17) is 0 Å². The number of carboxylic acids is 1. The summed E-state index contributed by atoms with van der Waals surface area (Å²) in [5.41, 5.74) is 2.45. The van der Waals surface area contributed by atoms with Gasteiger partial charge in [-0.1, -0.05) is 58.7 Å². The Balaban J connectivity index is 1.26. The molecule has 0 radical (unpaired) electrons. The van der Waals surface area contributed by atoms with E-state index in [2.05, 4.69) is 26.8 Å². The lowest BCUT2D eigenvalue weighted by molar-refractivity contribution is -0.163. The third kappa shape index (κ3) is 4.85. The molecule has 2 aromatic rings. The molecule has 44 heavy (non-hydrogen) atoms. The molecule has 9 heteroatoms. The number of fused-ring (bicyclic) bond motifs is 1. The summed E-state index contributed by atoms with van der Waals surface area (Å²) in [4.78, 5) is 26.7. The van der Waals surface area contributed by atoms with Crippen molar-refractivity contribution in [2.45, 2.75) is 109 Å². The van der Waals surface area contributed by atoms with Crippen LogP contribution in [0.15, 0.2) is 46.5 Å². The lowest BCUT2D eigenvalue weighted by atomic mass is 9.62. The minimum Gasteiger partial charge on any atom is -0.477 e. The SMILES string of the molecule is CCCCC1(C)CCC(C)(CCc2cc3c4c(cccc4c2)N(CC2=C(C(=O)O)N4C(=O)C(C(C)O)C4C2C)S3(=O)=O)CC1. The molecule has 0 aromatic heterocycles. The van der Waals surface area contributed by atoms with Crippen LogP contribution in [0.4, 0.5) is 5.69 Å². The molecule has 3 aliphatic heterocycles. The van der Waals surface area contributed by atoms with E-state index in [1.165, 1.54) is 61.1 Å². The molecular formula is C35H46N2O6S. The van der Waals surface area contributed by atoms with E-state index in [-0.39, 0.29) is 22.6 Å². The van der Waals surface area contributed by atoms with Crippen LogP contribution >= 0.6 is 0 Å². The van der Waals surface area contributed by atoms with Crippen LogP contribution in [0.2, 0.25) is 0 Å². The number of hydrogen-bond donors (Lipinski definition) is 2. The predicted molar refractivity (Wildman–Crippen MR) is 171 cm³/mol. The minimum atomic E-state index is -3.97. The van der Waals surface area contributed by atoms with Crippen molar-refractivity contribution in [3.8, 4) is 0 Å². The number of carbonyl (C=O) groups is 2. The van der Waals surface area contributed by atoms with Gasteiger partial charge in [0.2, 0.25) is 5.91 Å². The Morgan fingerprint density at radius 2 is 1.75 bits per heavy atom. The standard InChI is InChI=1S/C35H46N2O6S/c1-6-7-12-34(4)14-16-35(5,17-15-34)13-11-23-18-24-9-8-10-26-29(24)27(19-23)44(42,43)36(26)20-25-21(2)30-28(22(3)38)32(39)37(30)31(25)33(40)41/h8-10,18-19,21-22,28,30,38H,6-7,11-17,20H2,1-5H3,(H,40,41). The number of benzene rings is 2. The molecule has 1 amide bonds. The fourth-order valence-corrected chi connectivity index (χ4v) is 10.2. The van der Waals surface area contributed by atoms with E-state index in [1.807, 2.05) is 25.1 Å². The zero-order valence-electron chi connectivity index (χ0n) is 26.6. The third-order valence-corrected chi connectivity index (χ3v) is 13.2. The van der Waals surface area contributed by atoms with Crippen LogP contribution in [0.1, 0.15) is 91.5 Å². The van der Waals surface area contributed by atoms with Gasteiger partial charge in [0.25, 0.3) is 10.0 Å². The van der Waals surface area contributed by atoms with Crippen molar-refractivity contribution in [1.82, 2.24) is 4.90 Å². The molecular weight excluding hydrogens is 576 g/mol. The third-order valence-electron chi connectivity index (χ3n) is 11.5. The number of carboxylic acid groups (broad SMARTS) is 1. The fraction of sp³-hybridized carbons (Fsp3) is 0.600. The molecule has 4 unspecified atom stereocenters. The van der Waals surface area contributed by atoms with Gasteiger partial charge in [-0.25, -0.2) is 13.2 Å². The lowest BCUT2D eigenvalue weighted by Crippen LogP contribution is -2.63. The predicted octanol–water partition coefficient (Wildman–Crippen LogP) is 6.25. The molecule has 8 nitrogen and oxygen atoms in total. The zero-order valence-corrected chi connectivity index (χ0v) is 27.4. The van der Waals surface area contributed by atoms with Gasteiger partial charge in [-0.05, 0) is 91.4 Å². The molecule has 3 heterocycles. The summed E-state index contributed by atoms with van der Waals surface area (Å²) in [6, 6.07) is 9.01. The minimum absolute atomic E-state index is 0.157. The summed E-state index contributed by atoms with van der Waals surface area (Å²) in [5, 5.41) is 21.8.